The molecule has 0 bridgehead atoms. The number of aromatic nitrogens is 1. The third-order valence-corrected chi connectivity index (χ3v) is 6.42. The van der Waals surface area contributed by atoms with Crippen molar-refractivity contribution in [1.29, 1.82) is 5.26 Å². The molecule has 1 saturated heterocycles. The van der Waals surface area contributed by atoms with Gasteiger partial charge in [0, 0.05) is 43.1 Å². The van der Waals surface area contributed by atoms with Gasteiger partial charge in [0.2, 0.25) is 0 Å². The van der Waals surface area contributed by atoms with Gasteiger partial charge in [-0.3, -0.25) is 0 Å². The lowest BCUT2D eigenvalue weighted by Gasteiger charge is -2.40. The minimum Gasteiger partial charge on any atom is -0.370 e. The molecule has 0 unspecified atom stereocenters. The lowest BCUT2D eigenvalue weighted by atomic mass is 9.89. The summed E-state index contributed by atoms with van der Waals surface area (Å²) in [4.78, 5) is 6.53. The number of rotatable bonds is 5. The van der Waals surface area contributed by atoms with Crippen molar-refractivity contribution in [2.24, 2.45) is 0 Å². The van der Waals surface area contributed by atoms with Gasteiger partial charge in [-0.25, -0.2) is 4.98 Å². The van der Waals surface area contributed by atoms with E-state index in [2.05, 4.69) is 26.6 Å². The second-order valence-electron chi connectivity index (χ2n) is 8.68. The zero-order valence-corrected chi connectivity index (χ0v) is 17.9. The summed E-state index contributed by atoms with van der Waals surface area (Å²) in [5.41, 5.74) is 0.768. The highest BCUT2D eigenvalue weighted by atomic mass is 19.4. The van der Waals surface area contributed by atoms with Crippen LogP contribution in [0.2, 0.25) is 0 Å². The van der Waals surface area contributed by atoms with E-state index in [-0.39, 0.29) is 12.1 Å². The number of piperidine rings is 1. The van der Waals surface area contributed by atoms with Crippen LogP contribution in [0.5, 0.6) is 0 Å². The molecule has 2 fully saturated rings. The Kier molecular flexibility index (Phi) is 6.85. The molecule has 0 spiro atoms. The quantitative estimate of drug-likeness (QED) is 0.684. The minimum absolute atomic E-state index is 0.255. The second kappa shape index (κ2) is 9.78. The smallest absolute Gasteiger partial charge is 0.370 e. The first-order valence-electron chi connectivity index (χ1n) is 11.2. The van der Waals surface area contributed by atoms with E-state index >= 15 is 0 Å². The van der Waals surface area contributed by atoms with Crippen LogP contribution in [-0.4, -0.2) is 36.2 Å². The van der Waals surface area contributed by atoms with Crippen LogP contribution >= 0.6 is 0 Å². The lowest BCUT2D eigenvalue weighted by molar-refractivity contribution is -0.137. The van der Waals surface area contributed by atoms with Gasteiger partial charge in [-0.1, -0.05) is 12.8 Å². The van der Waals surface area contributed by atoms with E-state index in [9.17, 15) is 13.2 Å². The number of anilines is 2. The van der Waals surface area contributed by atoms with Gasteiger partial charge in [0.25, 0.3) is 0 Å². The molecule has 2 aromatic rings. The molecular weight excluding hydrogens is 415 g/mol. The van der Waals surface area contributed by atoms with Crippen LogP contribution in [0.3, 0.4) is 0 Å². The molecule has 0 amide bonds. The number of nitrogens with one attached hydrogen (secondary N) is 2. The first-order valence-corrected chi connectivity index (χ1v) is 11.2. The van der Waals surface area contributed by atoms with Crippen molar-refractivity contribution in [2.75, 3.05) is 23.3 Å². The zero-order chi connectivity index (χ0) is 22.6. The molecule has 0 radical (unpaired) electrons. The number of hydrogen-bond donors (Lipinski definition) is 2. The zero-order valence-electron chi connectivity index (χ0n) is 17.9. The van der Waals surface area contributed by atoms with E-state index < -0.39 is 11.7 Å². The molecule has 32 heavy (non-hydrogen) atoms. The number of hydrogen-bond acceptors (Lipinski definition) is 5. The average Bonchev–Trinajstić information content (AvgIpc) is 2.81. The fraction of sp³-hybridized carbons (Fsp3) is 0.500. The van der Waals surface area contributed by atoms with Gasteiger partial charge in [0.1, 0.15) is 11.9 Å². The molecule has 5 nitrogen and oxygen atoms in total. The van der Waals surface area contributed by atoms with E-state index in [1.165, 1.54) is 6.42 Å². The van der Waals surface area contributed by atoms with Crippen molar-refractivity contribution in [3.63, 3.8) is 0 Å². The summed E-state index contributed by atoms with van der Waals surface area (Å²) >= 11 is 0. The Morgan fingerprint density at radius 2 is 1.72 bits per heavy atom. The van der Waals surface area contributed by atoms with Gasteiger partial charge in [-0.05, 0) is 62.1 Å². The molecule has 8 heteroatoms. The van der Waals surface area contributed by atoms with E-state index in [1.807, 2.05) is 6.07 Å². The predicted molar refractivity (Wildman–Crippen MR) is 118 cm³/mol. The summed E-state index contributed by atoms with van der Waals surface area (Å²) < 4.78 is 38.6. The number of alkyl halides is 3. The van der Waals surface area contributed by atoms with Crippen molar-refractivity contribution in [3.05, 3.63) is 53.7 Å². The molecule has 4 rings (SSSR count). The fourth-order valence-electron chi connectivity index (χ4n) is 4.75. The predicted octanol–water partition coefficient (Wildman–Crippen LogP) is 4.95. The first-order chi connectivity index (χ1) is 15.4. The maximum absolute atomic E-state index is 12.9. The topological polar surface area (TPSA) is 64.0 Å². The maximum Gasteiger partial charge on any atom is 0.416 e. The summed E-state index contributed by atoms with van der Waals surface area (Å²) in [5.74, 6) is 0.776. The Balaban J connectivity index is 1.37. The molecular formula is C24H28F3N5. The monoisotopic (exact) mass is 443 g/mol. The normalized spacial score (nSPS) is 24.1. The van der Waals surface area contributed by atoms with E-state index in [1.54, 1.807) is 24.4 Å². The van der Waals surface area contributed by atoms with Gasteiger partial charge in [-0.15, -0.1) is 0 Å². The first kappa shape index (κ1) is 22.4. The number of benzene rings is 1. The van der Waals surface area contributed by atoms with Crippen molar-refractivity contribution in [1.82, 2.24) is 10.3 Å². The van der Waals surface area contributed by atoms with E-state index in [0.29, 0.717) is 11.6 Å². The van der Waals surface area contributed by atoms with Crippen LogP contribution < -0.4 is 15.5 Å². The highest BCUT2D eigenvalue weighted by Gasteiger charge is 2.31. The largest absolute Gasteiger partial charge is 0.416 e. The summed E-state index contributed by atoms with van der Waals surface area (Å²) in [6.07, 6.45) is 3.78. The summed E-state index contributed by atoms with van der Waals surface area (Å²) in [7, 11) is 0. The van der Waals surface area contributed by atoms with Crippen LogP contribution in [0, 0.1) is 11.3 Å². The van der Waals surface area contributed by atoms with Crippen molar-refractivity contribution in [3.8, 4) is 6.07 Å². The van der Waals surface area contributed by atoms with E-state index in [4.69, 9.17) is 5.26 Å². The standard InChI is InChI=1S/C24H28F3N5/c25-24(26,27)18-8-10-20(11-9-18)32-13-3-4-19(16-32)30-21-5-1-2-6-22(21)31-23-12-7-17(14-28)15-29-23/h7-12,15,19,21-22,30H,1-6,13,16H2,(H,29,31)/t19-,21+,22+/m0/s1. The highest BCUT2D eigenvalue weighted by molar-refractivity contribution is 5.48. The molecule has 1 aromatic carbocycles. The Morgan fingerprint density at radius 1 is 0.969 bits per heavy atom. The minimum atomic E-state index is -4.31. The highest BCUT2D eigenvalue weighted by Crippen LogP contribution is 2.31. The molecule has 2 heterocycles. The number of nitriles is 1. The Labute approximate surface area is 186 Å². The third kappa shape index (κ3) is 5.52. The SMILES string of the molecule is N#Cc1ccc(N[C@@H]2CCCC[C@H]2N[C@H]2CCCN(c3ccc(C(F)(F)F)cc3)C2)nc1. The summed E-state index contributed by atoms with van der Waals surface area (Å²) in [6.45, 7) is 1.63. The van der Waals surface area contributed by atoms with Crippen LogP contribution in [0.25, 0.3) is 0 Å². The molecule has 1 aromatic heterocycles. The van der Waals surface area contributed by atoms with Gasteiger partial charge in [-0.2, -0.15) is 18.4 Å². The number of pyridine rings is 1. The van der Waals surface area contributed by atoms with Gasteiger partial charge >= 0.3 is 6.18 Å². The van der Waals surface area contributed by atoms with Crippen LogP contribution in [0.4, 0.5) is 24.7 Å². The molecule has 170 valence electrons. The molecule has 2 N–H and O–H groups in total. The molecule has 1 aliphatic heterocycles. The van der Waals surface area contributed by atoms with Crippen molar-refractivity contribution in [2.45, 2.75) is 62.8 Å². The lowest BCUT2D eigenvalue weighted by Crippen LogP contribution is -2.55. The van der Waals surface area contributed by atoms with Gasteiger partial charge < -0.3 is 15.5 Å². The third-order valence-electron chi connectivity index (χ3n) is 6.42. The van der Waals surface area contributed by atoms with Crippen LogP contribution in [-0.2, 0) is 6.18 Å². The fourth-order valence-corrected chi connectivity index (χ4v) is 4.75. The Morgan fingerprint density at radius 3 is 2.38 bits per heavy atom. The van der Waals surface area contributed by atoms with Crippen LogP contribution in [0.15, 0.2) is 42.6 Å². The summed E-state index contributed by atoms with van der Waals surface area (Å²) in [5, 5.41) is 16.3. The van der Waals surface area contributed by atoms with Crippen molar-refractivity contribution >= 4 is 11.5 Å². The van der Waals surface area contributed by atoms with E-state index in [0.717, 1.165) is 68.8 Å². The van der Waals surface area contributed by atoms with Gasteiger partial charge in [0.15, 0.2) is 0 Å². The number of halogens is 3. The Bertz CT molecular complexity index is 921. The van der Waals surface area contributed by atoms with Crippen LogP contribution in [0.1, 0.15) is 49.7 Å². The molecule has 2 aliphatic rings. The maximum atomic E-state index is 12.9. The molecule has 3 atom stereocenters. The number of nitrogens with zero attached hydrogens (tertiary/aromatic N) is 3. The molecule has 1 saturated carbocycles. The Hall–Kier alpha value is -2.79. The summed E-state index contributed by atoms with van der Waals surface area (Å²) in [6, 6.07) is 12.0. The molecule has 1 aliphatic carbocycles. The second-order valence-corrected chi connectivity index (χ2v) is 8.68. The van der Waals surface area contributed by atoms with Crippen molar-refractivity contribution < 1.29 is 13.2 Å². The van der Waals surface area contributed by atoms with Gasteiger partial charge in [0.05, 0.1) is 11.1 Å². The average molecular weight is 444 g/mol.